The minimum absolute atomic E-state index is 0.0478. The van der Waals surface area contributed by atoms with Gasteiger partial charge in [-0.3, -0.25) is 4.72 Å². The number of aromatic nitrogens is 1. The lowest BCUT2D eigenvalue weighted by atomic mass is 9.87. The lowest BCUT2D eigenvalue weighted by molar-refractivity contribution is 0.307. The molecule has 0 amide bonds. The molecule has 6 nitrogen and oxygen atoms in total. The lowest BCUT2D eigenvalue weighted by Crippen LogP contribution is -2.16. The van der Waals surface area contributed by atoms with Gasteiger partial charge >= 0.3 is 0 Å². The third-order valence-corrected chi connectivity index (χ3v) is 5.86. The Balaban J connectivity index is 1.80. The second kappa shape index (κ2) is 8.13. The van der Waals surface area contributed by atoms with Crippen LogP contribution in [0.25, 0.3) is 0 Å². The molecule has 0 saturated carbocycles. The molecule has 0 fully saturated rings. The van der Waals surface area contributed by atoms with Gasteiger partial charge in [-0.25, -0.2) is 13.4 Å². The summed E-state index contributed by atoms with van der Waals surface area (Å²) in [6.45, 7) is 6.40. The number of hydrogen-bond donors (Lipinski definition) is 2. The van der Waals surface area contributed by atoms with E-state index in [1.54, 1.807) is 48.7 Å². The highest BCUT2D eigenvalue weighted by Crippen LogP contribution is 2.26. The molecular weight excluding hydrogens is 386 g/mol. The summed E-state index contributed by atoms with van der Waals surface area (Å²) >= 11 is 0. The lowest BCUT2D eigenvalue weighted by Gasteiger charge is -2.19. The summed E-state index contributed by atoms with van der Waals surface area (Å²) in [7, 11) is -3.73. The van der Waals surface area contributed by atoms with Crippen molar-refractivity contribution in [3.8, 4) is 5.75 Å². The van der Waals surface area contributed by atoms with E-state index in [-0.39, 0.29) is 22.7 Å². The smallest absolute Gasteiger partial charge is 0.261 e. The van der Waals surface area contributed by atoms with Gasteiger partial charge in [0.1, 0.15) is 6.61 Å². The maximum atomic E-state index is 12.9. The molecule has 0 aliphatic carbocycles. The maximum Gasteiger partial charge on any atom is 0.261 e. The Morgan fingerprint density at radius 3 is 2.34 bits per heavy atom. The van der Waals surface area contributed by atoms with E-state index in [0.717, 1.165) is 5.56 Å². The molecule has 152 valence electrons. The van der Waals surface area contributed by atoms with Gasteiger partial charge in [0.2, 0.25) is 0 Å². The van der Waals surface area contributed by atoms with Crippen molar-refractivity contribution >= 4 is 21.5 Å². The average Bonchev–Trinajstić information content (AvgIpc) is 2.67. The molecule has 1 aromatic heterocycles. The van der Waals surface area contributed by atoms with Crippen LogP contribution in [0.1, 0.15) is 31.9 Å². The summed E-state index contributed by atoms with van der Waals surface area (Å²) in [6, 6.07) is 17.5. The topological polar surface area (TPSA) is 94.3 Å². The first-order chi connectivity index (χ1) is 13.7. The SMILES string of the molecule is CC(C)(C)c1ccc(S(=O)(=O)Nc2ccccc2COc2cccnc2N)cc1. The van der Waals surface area contributed by atoms with Gasteiger partial charge in [0.25, 0.3) is 10.0 Å². The van der Waals surface area contributed by atoms with Crippen LogP contribution in [0.3, 0.4) is 0 Å². The number of sulfonamides is 1. The van der Waals surface area contributed by atoms with Gasteiger partial charge in [0.15, 0.2) is 11.6 Å². The Labute approximate surface area is 171 Å². The second-order valence-electron chi connectivity index (χ2n) is 7.71. The van der Waals surface area contributed by atoms with Crippen molar-refractivity contribution in [2.45, 2.75) is 37.7 Å². The van der Waals surface area contributed by atoms with Crippen molar-refractivity contribution in [3.05, 3.63) is 78.0 Å². The van der Waals surface area contributed by atoms with Crippen molar-refractivity contribution in [2.75, 3.05) is 10.5 Å². The molecule has 0 aliphatic heterocycles. The molecule has 3 N–H and O–H groups in total. The third-order valence-electron chi connectivity index (χ3n) is 4.48. The molecule has 0 unspecified atom stereocenters. The molecule has 0 saturated heterocycles. The first kappa shape index (κ1) is 20.7. The number of nitrogens with two attached hydrogens (primary N) is 1. The van der Waals surface area contributed by atoms with E-state index in [0.29, 0.717) is 17.0 Å². The predicted octanol–water partition coefficient (Wildman–Crippen LogP) is 4.34. The van der Waals surface area contributed by atoms with Crippen LogP contribution in [-0.4, -0.2) is 13.4 Å². The molecule has 0 spiro atoms. The fourth-order valence-electron chi connectivity index (χ4n) is 2.76. The largest absolute Gasteiger partial charge is 0.485 e. The number of ether oxygens (including phenoxy) is 1. The number of benzene rings is 2. The van der Waals surface area contributed by atoms with Crippen molar-refractivity contribution in [2.24, 2.45) is 0 Å². The van der Waals surface area contributed by atoms with Crippen LogP contribution >= 0.6 is 0 Å². The van der Waals surface area contributed by atoms with E-state index in [4.69, 9.17) is 10.5 Å². The number of anilines is 2. The monoisotopic (exact) mass is 411 g/mol. The molecule has 3 rings (SSSR count). The molecule has 0 radical (unpaired) electrons. The number of hydrogen-bond acceptors (Lipinski definition) is 5. The normalized spacial score (nSPS) is 11.8. The number of nitrogens with zero attached hydrogens (tertiary/aromatic N) is 1. The first-order valence-corrected chi connectivity index (χ1v) is 10.7. The van der Waals surface area contributed by atoms with Crippen LogP contribution in [-0.2, 0) is 22.0 Å². The van der Waals surface area contributed by atoms with Gasteiger partial charge in [-0.05, 0) is 41.3 Å². The molecule has 0 aliphatic rings. The Morgan fingerprint density at radius 1 is 1.00 bits per heavy atom. The van der Waals surface area contributed by atoms with Crippen LogP contribution in [0.5, 0.6) is 5.75 Å². The van der Waals surface area contributed by atoms with Crippen molar-refractivity contribution in [1.82, 2.24) is 4.98 Å². The third kappa shape index (κ3) is 5.06. The number of para-hydroxylation sites is 1. The minimum atomic E-state index is -3.73. The van der Waals surface area contributed by atoms with Crippen LogP contribution < -0.4 is 15.2 Å². The highest BCUT2D eigenvalue weighted by atomic mass is 32.2. The molecule has 0 bridgehead atoms. The van der Waals surface area contributed by atoms with Crippen molar-refractivity contribution in [1.29, 1.82) is 0 Å². The second-order valence-corrected chi connectivity index (χ2v) is 9.39. The van der Waals surface area contributed by atoms with Crippen LogP contribution in [0.4, 0.5) is 11.5 Å². The standard InChI is InChI=1S/C22H25N3O3S/c1-22(2,3)17-10-12-18(13-11-17)29(26,27)25-19-8-5-4-7-16(19)15-28-20-9-6-14-24-21(20)23/h4-14,25H,15H2,1-3H3,(H2,23,24). The average molecular weight is 412 g/mol. The first-order valence-electron chi connectivity index (χ1n) is 9.21. The zero-order valence-corrected chi connectivity index (χ0v) is 17.5. The Morgan fingerprint density at radius 2 is 1.69 bits per heavy atom. The molecule has 3 aromatic rings. The minimum Gasteiger partial charge on any atom is -0.485 e. The molecule has 2 aromatic carbocycles. The summed E-state index contributed by atoms with van der Waals surface area (Å²) in [5, 5.41) is 0. The van der Waals surface area contributed by atoms with Crippen molar-refractivity contribution < 1.29 is 13.2 Å². The Hall–Kier alpha value is -3.06. The van der Waals surface area contributed by atoms with Gasteiger partial charge in [0.05, 0.1) is 10.6 Å². The molecule has 0 atom stereocenters. The highest BCUT2D eigenvalue weighted by Gasteiger charge is 2.19. The van der Waals surface area contributed by atoms with Gasteiger partial charge in [-0.2, -0.15) is 0 Å². The summed E-state index contributed by atoms with van der Waals surface area (Å²) in [5.74, 6) is 0.729. The predicted molar refractivity (Wildman–Crippen MR) is 115 cm³/mol. The summed E-state index contributed by atoms with van der Waals surface area (Å²) in [5.41, 5.74) is 7.96. The van der Waals surface area contributed by atoms with E-state index in [1.165, 1.54) is 0 Å². The number of nitrogens with one attached hydrogen (secondary N) is 1. The zero-order chi connectivity index (χ0) is 21.1. The fourth-order valence-corrected chi connectivity index (χ4v) is 3.86. The maximum absolute atomic E-state index is 12.9. The van der Waals surface area contributed by atoms with Crippen LogP contribution in [0, 0.1) is 0 Å². The van der Waals surface area contributed by atoms with Gasteiger partial charge < -0.3 is 10.5 Å². The van der Waals surface area contributed by atoms with Crippen molar-refractivity contribution in [3.63, 3.8) is 0 Å². The zero-order valence-electron chi connectivity index (χ0n) is 16.7. The summed E-state index contributed by atoms with van der Waals surface area (Å²) in [4.78, 5) is 4.18. The molecular formula is C22H25N3O3S. The van der Waals surface area contributed by atoms with Gasteiger partial charge in [0, 0.05) is 11.8 Å². The Kier molecular flexibility index (Phi) is 5.79. The molecule has 29 heavy (non-hydrogen) atoms. The van der Waals surface area contributed by atoms with Crippen LogP contribution in [0.15, 0.2) is 71.8 Å². The number of pyridine rings is 1. The fraction of sp³-hybridized carbons (Fsp3) is 0.227. The van der Waals surface area contributed by atoms with Gasteiger partial charge in [-0.1, -0.05) is 51.1 Å². The summed E-state index contributed by atoms with van der Waals surface area (Å²) in [6.07, 6.45) is 1.58. The summed E-state index contributed by atoms with van der Waals surface area (Å²) < 4.78 is 34.1. The van der Waals surface area contributed by atoms with E-state index in [2.05, 4.69) is 30.5 Å². The molecule has 1 heterocycles. The highest BCUT2D eigenvalue weighted by molar-refractivity contribution is 7.92. The Bertz CT molecular complexity index is 1090. The quantitative estimate of drug-likeness (QED) is 0.629. The van der Waals surface area contributed by atoms with E-state index < -0.39 is 10.0 Å². The van der Waals surface area contributed by atoms with E-state index >= 15 is 0 Å². The molecule has 7 heteroatoms. The van der Waals surface area contributed by atoms with E-state index in [9.17, 15) is 8.42 Å². The van der Waals surface area contributed by atoms with Gasteiger partial charge in [-0.15, -0.1) is 0 Å². The number of nitrogen functional groups attached to an aromatic ring is 1. The van der Waals surface area contributed by atoms with Crippen LogP contribution in [0.2, 0.25) is 0 Å². The van der Waals surface area contributed by atoms with E-state index in [1.807, 2.05) is 18.2 Å². The number of rotatable bonds is 6.